The third kappa shape index (κ3) is 3.37. The lowest BCUT2D eigenvalue weighted by atomic mass is 10.2. The second-order valence-corrected chi connectivity index (χ2v) is 6.53. The van der Waals surface area contributed by atoms with E-state index in [0.717, 1.165) is 11.3 Å². The number of aryl methyl sites for hydroxylation is 2. The van der Waals surface area contributed by atoms with Crippen LogP contribution in [0, 0.1) is 6.92 Å². The fourth-order valence-electron chi connectivity index (χ4n) is 2.38. The first-order valence-corrected chi connectivity index (χ1v) is 8.40. The first-order valence-electron chi connectivity index (χ1n) is 7.23. The molecule has 0 saturated carbocycles. The summed E-state index contributed by atoms with van der Waals surface area (Å²) in [5.41, 5.74) is 2.25. The zero-order valence-corrected chi connectivity index (χ0v) is 15.5. The van der Waals surface area contributed by atoms with Crippen LogP contribution in [0.1, 0.15) is 21.7 Å². The molecule has 0 bridgehead atoms. The number of rotatable bonds is 4. The van der Waals surface area contributed by atoms with Gasteiger partial charge in [-0.2, -0.15) is 10.2 Å². The van der Waals surface area contributed by atoms with Gasteiger partial charge in [0.2, 0.25) is 0 Å². The number of amides is 1. The Morgan fingerprint density at radius 2 is 2.00 bits per heavy atom. The molecule has 0 aliphatic rings. The van der Waals surface area contributed by atoms with Gasteiger partial charge in [-0.25, -0.2) is 0 Å². The number of nitrogens with zero attached hydrogens (tertiary/aromatic N) is 4. The molecule has 0 aliphatic heterocycles. The van der Waals surface area contributed by atoms with Gasteiger partial charge in [-0.3, -0.25) is 14.2 Å². The van der Waals surface area contributed by atoms with E-state index in [0.29, 0.717) is 27.6 Å². The van der Waals surface area contributed by atoms with Crippen molar-refractivity contribution in [3.63, 3.8) is 0 Å². The van der Waals surface area contributed by atoms with E-state index in [9.17, 15) is 4.79 Å². The van der Waals surface area contributed by atoms with Crippen LogP contribution in [0.4, 0.5) is 5.82 Å². The number of carbonyl (C=O) groups is 1. The number of nitrogens with one attached hydrogen (secondary N) is 1. The van der Waals surface area contributed by atoms with E-state index in [1.807, 2.05) is 37.3 Å². The number of hydrogen-bond acceptors (Lipinski definition) is 3. The van der Waals surface area contributed by atoms with Crippen molar-refractivity contribution < 1.29 is 4.79 Å². The molecule has 3 aromatic rings. The molecule has 0 fully saturated rings. The Kier molecular flexibility index (Phi) is 4.73. The van der Waals surface area contributed by atoms with E-state index >= 15 is 0 Å². The molecule has 0 spiro atoms. The number of carbonyl (C=O) groups excluding carboxylic acids is 1. The van der Waals surface area contributed by atoms with Crippen LogP contribution in [-0.4, -0.2) is 25.5 Å². The Bertz CT molecular complexity index is 888. The van der Waals surface area contributed by atoms with E-state index < -0.39 is 0 Å². The summed E-state index contributed by atoms with van der Waals surface area (Å²) in [4.78, 5) is 12.5. The quantitative estimate of drug-likeness (QED) is 0.717. The molecule has 2 heterocycles. The number of benzene rings is 1. The largest absolute Gasteiger partial charge is 0.302 e. The Morgan fingerprint density at radius 1 is 1.29 bits per heavy atom. The fraction of sp³-hybridized carbons (Fsp3) is 0.188. The smallest absolute Gasteiger partial charge is 0.276 e. The highest BCUT2D eigenvalue weighted by Gasteiger charge is 2.20. The summed E-state index contributed by atoms with van der Waals surface area (Å²) < 4.78 is 3.86. The molecule has 0 aliphatic carbocycles. The molecule has 124 valence electrons. The summed E-state index contributed by atoms with van der Waals surface area (Å²) in [6.07, 6.45) is 1.69. The average Bonchev–Trinajstić information content (AvgIpc) is 2.99. The molecule has 2 aromatic heterocycles. The summed E-state index contributed by atoms with van der Waals surface area (Å²) in [7, 11) is 1.71. The Hall–Kier alpha value is -2.12. The molecule has 0 saturated heterocycles. The highest BCUT2D eigenvalue weighted by molar-refractivity contribution is 9.10. The van der Waals surface area contributed by atoms with Crippen molar-refractivity contribution >= 4 is 39.3 Å². The highest BCUT2D eigenvalue weighted by atomic mass is 79.9. The average molecular weight is 409 g/mol. The lowest BCUT2D eigenvalue weighted by Crippen LogP contribution is -2.17. The van der Waals surface area contributed by atoms with Crippen molar-refractivity contribution in [2.24, 2.45) is 7.05 Å². The molecular formula is C16H15BrClN5O. The van der Waals surface area contributed by atoms with Gasteiger partial charge in [-0.15, -0.1) is 0 Å². The van der Waals surface area contributed by atoms with Crippen LogP contribution in [0.25, 0.3) is 0 Å². The second-order valence-electron chi connectivity index (χ2n) is 5.33. The topological polar surface area (TPSA) is 64.7 Å². The van der Waals surface area contributed by atoms with Crippen molar-refractivity contribution in [1.29, 1.82) is 0 Å². The minimum Gasteiger partial charge on any atom is -0.302 e. The van der Waals surface area contributed by atoms with Gasteiger partial charge in [-0.1, -0.05) is 41.9 Å². The molecule has 8 heteroatoms. The van der Waals surface area contributed by atoms with Crippen LogP contribution >= 0.6 is 27.5 Å². The molecule has 6 nitrogen and oxygen atoms in total. The van der Waals surface area contributed by atoms with Gasteiger partial charge >= 0.3 is 0 Å². The van der Waals surface area contributed by atoms with E-state index in [-0.39, 0.29) is 5.91 Å². The number of halogens is 2. The number of anilines is 1. The lowest BCUT2D eigenvalue weighted by Gasteiger charge is -2.04. The van der Waals surface area contributed by atoms with Crippen molar-refractivity contribution in [1.82, 2.24) is 19.6 Å². The van der Waals surface area contributed by atoms with Gasteiger partial charge in [0.15, 0.2) is 5.82 Å². The monoisotopic (exact) mass is 407 g/mol. The maximum absolute atomic E-state index is 12.5. The highest BCUT2D eigenvalue weighted by Crippen LogP contribution is 2.24. The zero-order chi connectivity index (χ0) is 17.3. The van der Waals surface area contributed by atoms with Crippen molar-refractivity contribution in [2.45, 2.75) is 13.5 Å². The van der Waals surface area contributed by atoms with Crippen molar-refractivity contribution in [2.75, 3.05) is 5.32 Å². The molecule has 0 radical (unpaired) electrons. The molecule has 0 atom stereocenters. The third-order valence-electron chi connectivity index (χ3n) is 3.50. The summed E-state index contributed by atoms with van der Waals surface area (Å²) in [6.45, 7) is 2.40. The summed E-state index contributed by atoms with van der Waals surface area (Å²) >= 11 is 9.58. The first kappa shape index (κ1) is 16.7. The van der Waals surface area contributed by atoms with Crippen LogP contribution in [0.15, 0.2) is 41.0 Å². The van der Waals surface area contributed by atoms with Crippen LogP contribution in [0.5, 0.6) is 0 Å². The predicted molar refractivity (Wildman–Crippen MR) is 96.4 cm³/mol. The summed E-state index contributed by atoms with van der Waals surface area (Å²) in [5, 5.41) is 11.7. The van der Waals surface area contributed by atoms with E-state index in [2.05, 4.69) is 31.4 Å². The van der Waals surface area contributed by atoms with Gasteiger partial charge in [-0.05, 0) is 28.4 Å². The first-order chi connectivity index (χ1) is 11.5. The van der Waals surface area contributed by atoms with Crippen LogP contribution in [0.2, 0.25) is 5.02 Å². The molecule has 24 heavy (non-hydrogen) atoms. The fourth-order valence-corrected chi connectivity index (χ4v) is 3.09. The van der Waals surface area contributed by atoms with Gasteiger partial charge < -0.3 is 5.32 Å². The van der Waals surface area contributed by atoms with Gasteiger partial charge in [0.1, 0.15) is 10.7 Å². The van der Waals surface area contributed by atoms with E-state index in [1.165, 1.54) is 4.68 Å². The van der Waals surface area contributed by atoms with E-state index in [1.54, 1.807) is 17.9 Å². The van der Waals surface area contributed by atoms with Gasteiger partial charge in [0.25, 0.3) is 5.91 Å². The maximum Gasteiger partial charge on any atom is 0.276 e. The lowest BCUT2D eigenvalue weighted by molar-refractivity contribution is 0.101. The van der Waals surface area contributed by atoms with Gasteiger partial charge in [0, 0.05) is 13.2 Å². The molecule has 1 N–H and O–H groups in total. The SMILES string of the molecule is Cc1nn(C)c(C(=O)Nc2nn(Cc3ccccc3)cc2Cl)c1Br. The maximum atomic E-state index is 12.5. The van der Waals surface area contributed by atoms with Crippen LogP contribution in [-0.2, 0) is 13.6 Å². The van der Waals surface area contributed by atoms with E-state index in [4.69, 9.17) is 11.6 Å². The molecule has 1 aromatic carbocycles. The zero-order valence-electron chi connectivity index (χ0n) is 13.1. The molecule has 1 amide bonds. The molecular weight excluding hydrogens is 394 g/mol. The van der Waals surface area contributed by atoms with Crippen LogP contribution in [0.3, 0.4) is 0 Å². The third-order valence-corrected chi connectivity index (χ3v) is 4.73. The van der Waals surface area contributed by atoms with Crippen LogP contribution < -0.4 is 5.32 Å². The van der Waals surface area contributed by atoms with Crippen molar-refractivity contribution in [3.05, 3.63) is 63.0 Å². The normalized spacial score (nSPS) is 10.8. The molecule has 3 rings (SSSR count). The minimum atomic E-state index is -0.322. The Labute approximate surface area is 152 Å². The Balaban J connectivity index is 1.79. The Morgan fingerprint density at radius 3 is 2.62 bits per heavy atom. The summed E-state index contributed by atoms with van der Waals surface area (Å²) in [5.74, 6) is 0.000173. The molecule has 0 unspecified atom stereocenters. The predicted octanol–water partition coefficient (Wildman–Crippen LogP) is 3.64. The summed E-state index contributed by atoms with van der Waals surface area (Å²) in [6, 6.07) is 9.89. The van der Waals surface area contributed by atoms with Crippen molar-refractivity contribution in [3.8, 4) is 0 Å². The number of hydrogen-bond donors (Lipinski definition) is 1. The standard InChI is InChI=1S/C16H15BrClN5O/c1-10-13(17)14(22(2)20-10)16(24)19-15-12(18)9-23(21-15)8-11-6-4-3-5-7-11/h3-7,9H,8H2,1-2H3,(H,19,21,24). The number of aromatic nitrogens is 4. The second kappa shape index (κ2) is 6.78. The van der Waals surface area contributed by atoms with Gasteiger partial charge in [0.05, 0.1) is 16.7 Å². The minimum absolute atomic E-state index is 0.322.